The molecule has 52 valence electrons. The molecule has 0 fully saturated rings. The van der Waals surface area contributed by atoms with Gasteiger partial charge < -0.3 is 5.73 Å². The third-order valence-electron chi connectivity index (χ3n) is 1.22. The predicted molar refractivity (Wildman–Crippen MR) is 43.0 cm³/mol. The van der Waals surface area contributed by atoms with E-state index >= 15 is 0 Å². The summed E-state index contributed by atoms with van der Waals surface area (Å²) in [5, 5.41) is 1.76. The Balaban J connectivity index is 2.45. The lowest BCUT2D eigenvalue weighted by molar-refractivity contribution is 0.949. The van der Waals surface area contributed by atoms with E-state index in [9.17, 15) is 0 Å². The Kier molecular flexibility index (Phi) is 2.13. The molecular weight excluding hydrogens is 132 g/mol. The Bertz CT molecular complexity index is 131. The number of nitrogens with two attached hydrogens (primary N) is 1. The molecule has 0 bridgehead atoms. The van der Waals surface area contributed by atoms with Gasteiger partial charge in [-0.2, -0.15) is 0 Å². The second kappa shape index (κ2) is 2.71. The molecule has 2 atom stereocenters. The summed E-state index contributed by atoms with van der Waals surface area (Å²) in [7, 11) is 0. The van der Waals surface area contributed by atoms with Crippen LogP contribution < -0.4 is 5.73 Å². The zero-order valence-corrected chi connectivity index (χ0v) is 6.61. The fourth-order valence-corrected chi connectivity index (χ4v) is 1.68. The number of hydrogen-bond acceptors (Lipinski definition) is 3. The average Bonchev–Trinajstić information content (AvgIpc) is 2.14. The summed E-state index contributed by atoms with van der Waals surface area (Å²) in [5.41, 5.74) is 5.61. The van der Waals surface area contributed by atoms with Gasteiger partial charge >= 0.3 is 0 Å². The molecule has 2 N–H and O–H groups in total. The number of nitrogens with zero attached hydrogens (tertiary/aromatic N) is 1. The van der Waals surface area contributed by atoms with Crippen LogP contribution in [0.25, 0.3) is 0 Å². The monoisotopic (exact) mass is 144 g/mol. The van der Waals surface area contributed by atoms with E-state index in [1.54, 1.807) is 11.8 Å². The van der Waals surface area contributed by atoms with Crippen molar-refractivity contribution in [2.45, 2.75) is 25.1 Å². The van der Waals surface area contributed by atoms with E-state index < -0.39 is 0 Å². The third-order valence-corrected chi connectivity index (χ3v) is 2.51. The van der Waals surface area contributed by atoms with E-state index in [0.29, 0.717) is 5.25 Å². The van der Waals surface area contributed by atoms with Gasteiger partial charge in [-0.25, -0.2) is 0 Å². The quantitative estimate of drug-likeness (QED) is 0.593. The molecule has 1 heterocycles. The van der Waals surface area contributed by atoms with E-state index in [1.165, 1.54) is 0 Å². The van der Waals surface area contributed by atoms with Gasteiger partial charge in [-0.15, -0.1) is 11.8 Å². The van der Waals surface area contributed by atoms with Crippen LogP contribution in [-0.4, -0.2) is 22.9 Å². The smallest absolute Gasteiger partial charge is 0.0844 e. The fourth-order valence-electron chi connectivity index (χ4n) is 0.751. The topological polar surface area (TPSA) is 38.4 Å². The molecule has 2 unspecified atom stereocenters. The first-order valence-electron chi connectivity index (χ1n) is 3.16. The largest absolute Gasteiger partial charge is 0.322 e. The van der Waals surface area contributed by atoms with Crippen LogP contribution >= 0.6 is 11.8 Å². The Morgan fingerprint density at radius 3 is 2.78 bits per heavy atom. The summed E-state index contributed by atoms with van der Waals surface area (Å²) >= 11 is 1.80. The number of rotatable bonds is 1. The highest BCUT2D eigenvalue weighted by atomic mass is 32.2. The lowest BCUT2D eigenvalue weighted by Gasteiger charge is -2.02. The average molecular weight is 144 g/mol. The van der Waals surface area contributed by atoms with Crippen molar-refractivity contribution in [1.29, 1.82) is 0 Å². The van der Waals surface area contributed by atoms with Crippen LogP contribution in [0.3, 0.4) is 0 Å². The van der Waals surface area contributed by atoms with Gasteiger partial charge in [0.25, 0.3) is 0 Å². The molecular formula is C6H12N2S. The number of hydrogen-bond donors (Lipinski definition) is 1. The number of aliphatic imine (C=N–C) groups is 1. The SMILES string of the molecule is CC1CN=C(C(C)N)S1. The molecule has 0 aromatic rings. The van der Waals surface area contributed by atoms with Crippen LogP contribution in [0.1, 0.15) is 13.8 Å². The molecule has 0 radical (unpaired) electrons. The molecule has 0 amide bonds. The lowest BCUT2D eigenvalue weighted by atomic mass is 10.4. The van der Waals surface area contributed by atoms with Crippen LogP contribution in [-0.2, 0) is 0 Å². The van der Waals surface area contributed by atoms with Crippen LogP contribution in [0.15, 0.2) is 4.99 Å². The van der Waals surface area contributed by atoms with Crippen molar-refractivity contribution in [1.82, 2.24) is 0 Å². The Hall–Kier alpha value is -0.0200. The van der Waals surface area contributed by atoms with E-state index in [2.05, 4.69) is 11.9 Å². The molecule has 1 rings (SSSR count). The van der Waals surface area contributed by atoms with Crippen molar-refractivity contribution in [2.75, 3.05) is 6.54 Å². The van der Waals surface area contributed by atoms with Gasteiger partial charge in [0.1, 0.15) is 0 Å². The molecule has 9 heavy (non-hydrogen) atoms. The molecule has 2 nitrogen and oxygen atoms in total. The maximum Gasteiger partial charge on any atom is 0.0844 e. The lowest BCUT2D eigenvalue weighted by Crippen LogP contribution is -2.23. The van der Waals surface area contributed by atoms with Gasteiger partial charge in [0, 0.05) is 11.3 Å². The van der Waals surface area contributed by atoms with Crippen molar-refractivity contribution in [3.63, 3.8) is 0 Å². The molecule has 0 aromatic heterocycles. The summed E-state index contributed by atoms with van der Waals surface area (Å²) < 4.78 is 0. The summed E-state index contributed by atoms with van der Waals surface area (Å²) in [4.78, 5) is 4.27. The normalized spacial score (nSPS) is 30.1. The molecule has 0 saturated heterocycles. The van der Waals surface area contributed by atoms with Gasteiger partial charge in [0.15, 0.2) is 0 Å². The first-order valence-corrected chi connectivity index (χ1v) is 4.04. The van der Waals surface area contributed by atoms with Gasteiger partial charge in [0.05, 0.1) is 11.6 Å². The molecule has 1 aliphatic heterocycles. The van der Waals surface area contributed by atoms with Crippen molar-refractivity contribution < 1.29 is 0 Å². The highest BCUT2D eigenvalue weighted by molar-refractivity contribution is 8.14. The Morgan fingerprint density at radius 2 is 2.56 bits per heavy atom. The zero-order chi connectivity index (χ0) is 6.85. The Labute approximate surface area is 59.9 Å². The van der Waals surface area contributed by atoms with E-state index in [1.807, 2.05) is 6.92 Å². The molecule has 0 saturated carbocycles. The van der Waals surface area contributed by atoms with Gasteiger partial charge in [-0.3, -0.25) is 4.99 Å². The zero-order valence-electron chi connectivity index (χ0n) is 5.79. The van der Waals surface area contributed by atoms with Gasteiger partial charge in [0.2, 0.25) is 0 Å². The standard InChI is InChI=1S/C6H12N2S/c1-4-3-8-6(9-4)5(2)7/h4-5H,3,7H2,1-2H3. The third kappa shape index (κ3) is 1.69. The summed E-state index contributed by atoms with van der Waals surface area (Å²) in [5.74, 6) is 0. The fraction of sp³-hybridized carbons (Fsp3) is 0.833. The second-order valence-electron chi connectivity index (χ2n) is 2.40. The minimum Gasteiger partial charge on any atom is -0.322 e. The van der Waals surface area contributed by atoms with E-state index in [0.717, 1.165) is 11.6 Å². The minimum atomic E-state index is 0.139. The summed E-state index contributed by atoms with van der Waals surface area (Å²) in [6.07, 6.45) is 0. The summed E-state index contributed by atoms with van der Waals surface area (Å²) in [6, 6.07) is 0.139. The van der Waals surface area contributed by atoms with Crippen molar-refractivity contribution >= 4 is 16.8 Å². The molecule has 1 aliphatic rings. The Morgan fingerprint density at radius 1 is 1.89 bits per heavy atom. The van der Waals surface area contributed by atoms with Crippen LogP contribution in [0.2, 0.25) is 0 Å². The van der Waals surface area contributed by atoms with Crippen LogP contribution in [0.5, 0.6) is 0 Å². The minimum absolute atomic E-state index is 0.139. The highest BCUT2D eigenvalue weighted by Crippen LogP contribution is 2.21. The first-order chi connectivity index (χ1) is 4.20. The van der Waals surface area contributed by atoms with E-state index in [4.69, 9.17) is 5.73 Å². The van der Waals surface area contributed by atoms with Crippen LogP contribution in [0.4, 0.5) is 0 Å². The van der Waals surface area contributed by atoms with Crippen molar-refractivity contribution in [3.05, 3.63) is 0 Å². The first kappa shape index (κ1) is 7.09. The summed E-state index contributed by atoms with van der Waals surface area (Å²) in [6.45, 7) is 5.09. The molecule has 3 heteroatoms. The second-order valence-corrected chi connectivity index (χ2v) is 3.85. The van der Waals surface area contributed by atoms with Crippen molar-refractivity contribution in [3.8, 4) is 0 Å². The maximum absolute atomic E-state index is 5.61. The van der Waals surface area contributed by atoms with E-state index in [-0.39, 0.29) is 6.04 Å². The van der Waals surface area contributed by atoms with Crippen molar-refractivity contribution in [2.24, 2.45) is 10.7 Å². The molecule has 0 aromatic carbocycles. The predicted octanol–water partition coefficient (Wildman–Crippen LogP) is 0.867. The van der Waals surface area contributed by atoms with Gasteiger partial charge in [-0.05, 0) is 6.92 Å². The molecule has 0 aliphatic carbocycles. The number of thioether (sulfide) groups is 1. The molecule has 0 spiro atoms. The van der Waals surface area contributed by atoms with Crippen LogP contribution in [0, 0.1) is 0 Å². The highest BCUT2D eigenvalue weighted by Gasteiger charge is 2.16. The maximum atomic E-state index is 5.61. The van der Waals surface area contributed by atoms with Gasteiger partial charge in [-0.1, -0.05) is 6.92 Å².